The summed E-state index contributed by atoms with van der Waals surface area (Å²) in [5.74, 6) is -2.24. The zero-order valence-corrected chi connectivity index (χ0v) is 68.4. The number of esters is 4. The van der Waals surface area contributed by atoms with E-state index >= 15 is 0 Å². The third-order valence-electron chi connectivity index (χ3n) is 17.1. The zero-order valence-electron chi connectivity index (χ0n) is 66.6. The van der Waals surface area contributed by atoms with Gasteiger partial charge in [-0.05, 0) is 141 Å². The molecule has 5 atom stereocenters. The Morgan fingerprint density at radius 1 is 0.274 bits per heavy atom. The molecule has 0 aliphatic carbocycles. The van der Waals surface area contributed by atoms with Crippen molar-refractivity contribution in [1.29, 1.82) is 0 Å². The number of hydrogen-bond donors (Lipinski definition) is 3. The molecule has 0 radical (unpaired) electrons. The normalized spacial score (nSPS) is 14.5. The maximum atomic E-state index is 13.1. The van der Waals surface area contributed by atoms with Crippen LogP contribution in [0.4, 0.5) is 0 Å². The Bertz CT molecular complexity index is 2530. The molecule has 106 heavy (non-hydrogen) atoms. The molecule has 19 heteroatoms. The number of carbonyl (C=O) groups is 4. The van der Waals surface area contributed by atoms with Crippen LogP contribution in [0.2, 0.25) is 0 Å². The van der Waals surface area contributed by atoms with E-state index in [0.717, 1.165) is 167 Å². The molecule has 17 nitrogen and oxygen atoms in total. The minimum absolute atomic E-state index is 0.0448. The summed E-state index contributed by atoms with van der Waals surface area (Å²) < 4.78 is 68.7. The van der Waals surface area contributed by atoms with Crippen molar-refractivity contribution in [2.45, 2.75) is 354 Å². The number of rotatable bonds is 77. The minimum Gasteiger partial charge on any atom is -0.462 e. The van der Waals surface area contributed by atoms with Crippen LogP contribution in [0.25, 0.3) is 0 Å². The van der Waals surface area contributed by atoms with E-state index in [1.807, 2.05) is 0 Å². The van der Waals surface area contributed by atoms with Gasteiger partial charge < -0.3 is 33.8 Å². The predicted octanol–water partition coefficient (Wildman–Crippen LogP) is 24.4. The lowest BCUT2D eigenvalue weighted by molar-refractivity contribution is -0.161. The third kappa shape index (κ3) is 77.4. The molecule has 0 amide bonds. The molecule has 0 heterocycles. The molecule has 0 saturated heterocycles. The van der Waals surface area contributed by atoms with Crippen molar-refractivity contribution in [2.24, 2.45) is 0 Å². The van der Waals surface area contributed by atoms with Crippen LogP contribution in [-0.2, 0) is 65.4 Å². The van der Waals surface area contributed by atoms with Gasteiger partial charge in [-0.2, -0.15) is 0 Å². The number of phosphoric acid groups is 2. The first-order chi connectivity index (χ1) is 51.7. The summed E-state index contributed by atoms with van der Waals surface area (Å²) in [6, 6.07) is 0. The molecule has 0 aromatic heterocycles. The van der Waals surface area contributed by atoms with E-state index in [1.54, 1.807) is 0 Å². The van der Waals surface area contributed by atoms with Gasteiger partial charge in [0.2, 0.25) is 0 Å². The molecule has 0 rings (SSSR count). The van der Waals surface area contributed by atoms with Crippen LogP contribution in [0.3, 0.4) is 0 Å². The number of phosphoric ester groups is 2. The number of ether oxygens (including phenoxy) is 4. The second kappa shape index (κ2) is 78.3. The third-order valence-corrected chi connectivity index (χ3v) is 19.0. The van der Waals surface area contributed by atoms with E-state index in [0.29, 0.717) is 25.7 Å². The summed E-state index contributed by atoms with van der Waals surface area (Å²) in [7, 11) is -9.98. The van der Waals surface area contributed by atoms with Gasteiger partial charge in [-0.3, -0.25) is 37.3 Å². The number of allylic oxidation sites excluding steroid dienone is 22. The van der Waals surface area contributed by atoms with Gasteiger partial charge in [-0.25, -0.2) is 9.13 Å². The maximum absolute atomic E-state index is 13.1. The maximum Gasteiger partial charge on any atom is 0.472 e. The zero-order chi connectivity index (χ0) is 77.4. The van der Waals surface area contributed by atoms with E-state index in [2.05, 4.69) is 161 Å². The lowest BCUT2D eigenvalue weighted by Gasteiger charge is -2.21. The van der Waals surface area contributed by atoms with Gasteiger partial charge in [-0.1, -0.05) is 303 Å². The SMILES string of the molecule is CC/C=C\C/C=C\C/C=C\C/C=C\C/C=C\CCCCCC(=O)OC[C@H](COP(=O)(O)OC[C@@H](O)COP(=O)(O)OC[C@@H](COC(=O)CCCCCCCCC/C=C\CCCCCC)OC(=O)CCCCCCCCCCCCCCC)OC(=O)CCCCC/C=C\C/C=C\C/C=C\C/C=C\C/C=C\CC. The molecule has 3 N–H and O–H groups in total. The van der Waals surface area contributed by atoms with Crippen LogP contribution in [0.15, 0.2) is 134 Å². The summed E-state index contributed by atoms with van der Waals surface area (Å²) in [6.07, 6.45) is 88.5. The van der Waals surface area contributed by atoms with E-state index in [9.17, 15) is 43.2 Å². The molecule has 0 aliphatic heterocycles. The number of unbranched alkanes of at least 4 members (excludes halogenated alkanes) is 29. The first-order valence-corrected chi connectivity index (χ1v) is 44.4. The first kappa shape index (κ1) is 101. The van der Waals surface area contributed by atoms with Gasteiger partial charge in [0.05, 0.1) is 26.4 Å². The highest BCUT2D eigenvalue weighted by Gasteiger charge is 2.30. The topological polar surface area (TPSA) is 237 Å². The van der Waals surface area contributed by atoms with Crippen LogP contribution in [-0.4, -0.2) is 96.7 Å². The van der Waals surface area contributed by atoms with Crippen LogP contribution >= 0.6 is 15.6 Å². The summed E-state index contributed by atoms with van der Waals surface area (Å²) in [5.41, 5.74) is 0. The molecule has 0 saturated carbocycles. The molecule has 2 unspecified atom stereocenters. The van der Waals surface area contributed by atoms with Crippen molar-refractivity contribution in [3.8, 4) is 0 Å². The fraction of sp³-hybridized carbons (Fsp3) is 0.701. The van der Waals surface area contributed by atoms with E-state index in [1.165, 1.54) is 89.9 Å². The molecule has 0 aliphatic rings. The van der Waals surface area contributed by atoms with Crippen LogP contribution < -0.4 is 0 Å². The van der Waals surface area contributed by atoms with Crippen molar-refractivity contribution in [2.75, 3.05) is 39.6 Å². The lowest BCUT2D eigenvalue weighted by Crippen LogP contribution is -2.30. The quantitative estimate of drug-likeness (QED) is 0.0169. The van der Waals surface area contributed by atoms with Crippen LogP contribution in [0, 0.1) is 0 Å². The first-order valence-electron chi connectivity index (χ1n) is 41.4. The largest absolute Gasteiger partial charge is 0.472 e. The molecule has 608 valence electrons. The summed E-state index contributed by atoms with van der Waals surface area (Å²) in [4.78, 5) is 73.1. The Kier molecular flexibility index (Phi) is 74.8. The molecular weight excluding hydrogens is 1380 g/mol. The minimum atomic E-state index is -5.00. The molecule has 0 bridgehead atoms. The molecule has 0 aromatic rings. The van der Waals surface area contributed by atoms with E-state index in [4.69, 9.17) is 37.0 Å². The van der Waals surface area contributed by atoms with E-state index < -0.39 is 97.5 Å². The molecular formula is C87H148O17P2. The van der Waals surface area contributed by atoms with Gasteiger partial charge in [0.15, 0.2) is 12.2 Å². The van der Waals surface area contributed by atoms with Gasteiger partial charge >= 0.3 is 39.5 Å². The smallest absolute Gasteiger partial charge is 0.462 e. The number of aliphatic hydroxyl groups excluding tert-OH is 1. The lowest BCUT2D eigenvalue weighted by atomic mass is 10.0. The Morgan fingerprint density at radius 2 is 0.491 bits per heavy atom. The number of carbonyl (C=O) groups excluding carboxylic acids is 4. The second-order valence-electron chi connectivity index (χ2n) is 27.3. The average Bonchev–Trinajstić information content (AvgIpc) is 0.903. The van der Waals surface area contributed by atoms with Crippen molar-refractivity contribution >= 4 is 39.5 Å². The van der Waals surface area contributed by atoms with Crippen LogP contribution in [0.1, 0.15) is 336 Å². The molecule has 0 fully saturated rings. The summed E-state index contributed by atoms with van der Waals surface area (Å²) in [5, 5.41) is 10.7. The Labute approximate surface area is 644 Å². The van der Waals surface area contributed by atoms with Crippen molar-refractivity contribution in [3.63, 3.8) is 0 Å². The Hall–Kier alpha value is -4.80. The van der Waals surface area contributed by atoms with Crippen LogP contribution in [0.5, 0.6) is 0 Å². The fourth-order valence-electron chi connectivity index (χ4n) is 10.9. The summed E-state index contributed by atoms with van der Waals surface area (Å²) in [6.45, 7) is 4.59. The van der Waals surface area contributed by atoms with Gasteiger partial charge in [0.25, 0.3) is 0 Å². The van der Waals surface area contributed by atoms with Crippen molar-refractivity contribution in [1.82, 2.24) is 0 Å². The average molecular weight is 1530 g/mol. The fourth-order valence-corrected chi connectivity index (χ4v) is 12.4. The van der Waals surface area contributed by atoms with Crippen molar-refractivity contribution < 1.29 is 80.2 Å². The predicted molar refractivity (Wildman–Crippen MR) is 436 cm³/mol. The highest BCUT2D eigenvalue weighted by Crippen LogP contribution is 2.45. The van der Waals surface area contributed by atoms with Gasteiger partial charge in [-0.15, -0.1) is 0 Å². The van der Waals surface area contributed by atoms with Gasteiger partial charge in [0, 0.05) is 25.7 Å². The molecule has 0 spiro atoms. The Balaban J connectivity index is 5.43. The highest BCUT2D eigenvalue weighted by atomic mass is 31.2. The standard InChI is InChI=1S/C87H148O17P2/c1-5-9-13-17-21-25-29-33-36-38-40-42-45-49-52-56-60-64-68-72-85(90)98-78-83(104-87(92)74-70-66-62-58-54-50-46-43-41-39-37-34-30-26-22-18-14-10-6-2)80-102-106(95,96)100-76-81(88)75-99-105(93,94)101-79-82(103-86(91)73-69-65-61-57-53-47-32-28-24-20-16-12-8-4)77-97-84(89)71-67-63-59-55-51-48-44-35-31-27-23-19-15-11-7-3/h9-10,13-14,21-22,25-27,31,33-34,36-37,40-43,49-50,52,54,81-83,88H,5-8,11-12,15-20,23-24,28-30,32,35,38-39,44-48,51,53,55-80H2,1-4H3,(H,93,94)(H,95,96)/b13-9-,14-10-,25-21-,26-22-,31-27-,36-33-,37-34-,42-40-,43-41-,52-49-,54-50-/t81-,82+,83+/m0/s1. The monoisotopic (exact) mass is 1530 g/mol. The Morgan fingerprint density at radius 3 is 0.783 bits per heavy atom. The van der Waals surface area contributed by atoms with Crippen molar-refractivity contribution in [3.05, 3.63) is 134 Å². The van der Waals surface area contributed by atoms with E-state index in [-0.39, 0.29) is 25.7 Å². The molecule has 0 aromatic carbocycles. The van der Waals surface area contributed by atoms with Gasteiger partial charge in [0.1, 0.15) is 19.3 Å². The number of hydrogen-bond acceptors (Lipinski definition) is 15. The highest BCUT2D eigenvalue weighted by molar-refractivity contribution is 7.47. The summed E-state index contributed by atoms with van der Waals surface area (Å²) >= 11 is 0. The number of aliphatic hydroxyl groups is 1. The second-order valence-corrected chi connectivity index (χ2v) is 30.2.